The lowest BCUT2D eigenvalue weighted by Crippen LogP contribution is -2.37. The number of hydrogen-bond acceptors (Lipinski definition) is 3. The Hall–Kier alpha value is -2.53. The van der Waals surface area contributed by atoms with Gasteiger partial charge in [0.2, 0.25) is 0 Å². The summed E-state index contributed by atoms with van der Waals surface area (Å²) in [7, 11) is 0. The molecule has 138 valence electrons. The van der Waals surface area contributed by atoms with Crippen molar-refractivity contribution in [1.82, 2.24) is 9.80 Å². The molecule has 2 aromatic carbocycles. The predicted octanol–water partition coefficient (Wildman–Crippen LogP) is 2.99. The molecular weight excluding hydrogens is 350 g/mol. The fourth-order valence-corrected chi connectivity index (χ4v) is 3.14. The van der Waals surface area contributed by atoms with E-state index in [-0.39, 0.29) is 24.2 Å². The van der Waals surface area contributed by atoms with E-state index in [1.165, 1.54) is 0 Å². The number of anilines is 1. The average Bonchev–Trinajstić information content (AvgIpc) is 2.86. The maximum absolute atomic E-state index is 12.7. The van der Waals surface area contributed by atoms with E-state index in [4.69, 9.17) is 5.73 Å². The van der Waals surface area contributed by atoms with Crippen molar-refractivity contribution in [2.24, 2.45) is 0 Å². The van der Waals surface area contributed by atoms with Crippen molar-refractivity contribution in [1.29, 1.82) is 0 Å². The minimum atomic E-state index is -0.0304. The minimum Gasteiger partial charge on any atom is -0.399 e. The highest BCUT2D eigenvalue weighted by Gasteiger charge is 2.23. The van der Waals surface area contributed by atoms with E-state index >= 15 is 0 Å². The highest BCUT2D eigenvalue weighted by Crippen LogP contribution is 2.14. The van der Waals surface area contributed by atoms with Gasteiger partial charge in [-0.2, -0.15) is 0 Å². The number of amides is 2. The molecule has 0 spiro atoms. The van der Waals surface area contributed by atoms with Crippen LogP contribution in [0.4, 0.5) is 5.69 Å². The first-order valence-electron chi connectivity index (χ1n) is 8.55. The van der Waals surface area contributed by atoms with Gasteiger partial charge in [0, 0.05) is 43.0 Å². The summed E-state index contributed by atoms with van der Waals surface area (Å²) in [6, 6.07) is 14.7. The maximum atomic E-state index is 12.7. The summed E-state index contributed by atoms with van der Waals surface area (Å²) in [5.41, 5.74) is 8.72. The van der Waals surface area contributed by atoms with Crippen molar-refractivity contribution >= 4 is 29.9 Å². The predicted molar refractivity (Wildman–Crippen MR) is 106 cm³/mol. The molecule has 1 saturated heterocycles. The molecule has 1 aliphatic rings. The van der Waals surface area contributed by atoms with Crippen LogP contribution < -0.4 is 5.73 Å². The van der Waals surface area contributed by atoms with Crippen LogP contribution in [-0.2, 0) is 0 Å². The summed E-state index contributed by atoms with van der Waals surface area (Å²) in [5, 5.41) is 0. The Balaban J connectivity index is 0.00000243. The highest BCUT2D eigenvalue weighted by molar-refractivity contribution is 5.96. The molecule has 26 heavy (non-hydrogen) atoms. The van der Waals surface area contributed by atoms with Crippen LogP contribution in [0.25, 0.3) is 0 Å². The lowest BCUT2D eigenvalue weighted by Gasteiger charge is -2.22. The van der Waals surface area contributed by atoms with Gasteiger partial charge in [-0.15, -0.1) is 12.4 Å². The van der Waals surface area contributed by atoms with Gasteiger partial charge in [-0.25, -0.2) is 0 Å². The fraction of sp³-hybridized carbons (Fsp3) is 0.300. The largest absolute Gasteiger partial charge is 0.399 e. The van der Waals surface area contributed by atoms with E-state index in [0.29, 0.717) is 43.0 Å². The van der Waals surface area contributed by atoms with Crippen LogP contribution in [0, 0.1) is 6.92 Å². The maximum Gasteiger partial charge on any atom is 0.253 e. The molecule has 0 unspecified atom stereocenters. The number of aryl methyl sites for hydroxylation is 1. The molecule has 0 aromatic heterocycles. The molecule has 5 nitrogen and oxygen atoms in total. The van der Waals surface area contributed by atoms with Crippen LogP contribution in [0.5, 0.6) is 0 Å². The summed E-state index contributed by atoms with van der Waals surface area (Å²) in [6.07, 6.45) is 0.769. The number of nitrogens with two attached hydrogens (primary N) is 1. The molecule has 0 bridgehead atoms. The smallest absolute Gasteiger partial charge is 0.253 e. The minimum absolute atomic E-state index is 0. The van der Waals surface area contributed by atoms with Crippen LogP contribution in [0.2, 0.25) is 0 Å². The van der Waals surface area contributed by atoms with E-state index < -0.39 is 0 Å². The monoisotopic (exact) mass is 373 g/mol. The van der Waals surface area contributed by atoms with Crippen molar-refractivity contribution in [3.05, 3.63) is 65.2 Å². The van der Waals surface area contributed by atoms with Gasteiger partial charge in [-0.3, -0.25) is 9.59 Å². The Morgan fingerprint density at radius 3 is 1.92 bits per heavy atom. The Morgan fingerprint density at radius 1 is 0.846 bits per heavy atom. The van der Waals surface area contributed by atoms with Gasteiger partial charge in [-0.1, -0.05) is 23.8 Å². The first-order chi connectivity index (χ1) is 12.0. The lowest BCUT2D eigenvalue weighted by molar-refractivity contribution is 0.0719. The highest BCUT2D eigenvalue weighted by atomic mass is 35.5. The molecule has 0 saturated carbocycles. The SMILES string of the molecule is Cc1cccc(C(=O)N2CCCN(C(=O)c3cccc(N)c3)CC2)c1.Cl. The second-order valence-corrected chi connectivity index (χ2v) is 6.43. The van der Waals surface area contributed by atoms with Crippen molar-refractivity contribution < 1.29 is 9.59 Å². The Bertz CT molecular complexity index is 729. The Kier molecular flexibility index (Phi) is 6.64. The summed E-state index contributed by atoms with van der Waals surface area (Å²) in [4.78, 5) is 29.0. The number of rotatable bonds is 2. The molecule has 0 atom stereocenters. The summed E-state index contributed by atoms with van der Waals surface area (Å²) < 4.78 is 0. The third kappa shape index (κ3) is 4.55. The number of carbonyl (C=O) groups is 2. The van der Waals surface area contributed by atoms with E-state index in [0.717, 1.165) is 12.0 Å². The van der Waals surface area contributed by atoms with Gasteiger partial charge in [0.05, 0.1) is 0 Å². The molecule has 1 heterocycles. The topological polar surface area (TPSA) is 66.6 Å². The molecule has 6 heteroatoms. The number of hydrogen-bond donors (Lipinski definition) is 1. The average molecular weight is 374 g/mol. The molecular formula is C20H24ClN3O2. The van der Waals surface area contributed by atoms with E-state index in [1.54, 1.807) is 29.2 Å². The summed E-state index contributed by atoms with van der Waals surface area (Å²) in [5.74, 6) is -0.000825. The number of nitrogens with zero attached hydrogens (tertiary/aromatic N) is 2. The van der Waals surface area contributed by atoms with Crippen LogP contribution in [0.1, 0.15) is 32.7 Å². The second kappa shape index (κ2) is 8.72. The molecule has 0 radical (unpaired) electrons. The first kappa shape index (κ1) is 19.8. The lowest BCUT2D eigenvalue weighted by atomic mass is 10.1. The van der Waals surface area contributed by atoms with Gasteiger partial charge in [-0.05, 0) is 43.7 Å². The van der Waals surface area contributed by atoms with Gasteiger partial charge >= 0.3 is 0 Å². The molecule has 0 aliphatic carbocycles. The molecule has 1 fully saturated rings. The van der Waals surface area contributed by atoms with Crippen LogP contribution >= 0.6 is 12.4 Å². The molecule has 1 aliphatic heterocycles. The fourth-order valence-electron chi connectivity index (χ4n) is 3.14. The van der Waals surface area contributed by atoms with E-state index in [2.05, 4.69) is 0 Å². The second-order valence-electron chi connectivity index (χ2n) is 6.43. The zero-order valence-electron chi connectivity index (χ0n) is 14.9. The Morgan fingerprint density at radius 2 is 1.38 bits per heavy atom. The normalized spacial score (nSPS) is 14.3. The number of halogens is 1. The molecule has 2 amide bonds. The van der Waals surface area contributed by atoms with E-state index in [9.17, 15) is 9.59 Å². The van der Waals surface area contributed by atoms with E-state index in [1.807, 2.05) is 36.1 Å². The standard InChI is InChI=1S/C20H23N3O2.ClH/c1-15-5-2-6-16(13-15)19(24)22-9-4-10-23(12-11-22)20(25)17-7-3-8-18(21)14-17;/h2-3,5-8,13-14H,4,9-12,21H2,1H3;1H. The zero-order chi connectivity index (χ0) is 17.8. The van der Waals surface area contributed by atoms with Gasteiger partial charge < -0.3 is 15.5 Å². The molecule has 3 rings (SSSR count). The van der Waals surface area contributed by atoms with Crippen LogP contribution in [-0.4, -0.2) is 47.8 Å². The van der Waals surface area contributed by atoms with Crippen molar-refractivity contribution in [3.8, 4) is 0 Å². The molecule has 2 aromatic rings. The third-order valence-corrected chi connectivity index (χ3v) is 4.47. The summed E-state index contributed by atoms with van der Waals surface area (Å²) in [6.45, 7) is 4.36. The number of carbonyl (C=O) groups excluding carboxylic acids is 2. The van der Waals surface area contributed by atoms with Crippen LogP contribution in [0.15, 0.2) is 48.5 Å². The van der Waals surface area contributed by atoms with Crippen molar-refractivity contribution in [2.45, 2.75) is 13.3 Å². The van der Waals surface area contributed by atoms with Crippen LogP contribution in [0.3, 0.4) is 0 Å². The van der Waals surface area contributed by atoms with Gasteiger partial charge in [0.15, 0.2) is 0 Å². The first-order valence-corrected chi connectivity index (χ1v) is 8.55. The zero-order valence-corrected chi connectivity index (χ0v) is 15.7. The Labute approximate surface area is 160 Å². The van der Waals surface area contributed by atoms with Crippen molar-refractivity contribution in [3.63, 3.8) is 0 Å². The number of benzene rings is 2. The summed E-state index contributed by atoms with van der Waals surface area (Å²) >= 11 is 0. The third-order valence-electron chi connectivity index (χ3n) is 4.47. The van der Waals surface area contributed by atoms with Gasteiger partial charge in [0.1, 0.15) is 0 Å². The molecule has 2 N–H and O–H groups in total. The van der Waals surface area contributed by atoms with Gasteiger partial charge in [0.25, 0.3) is 11.8 Å². The van der Waals surface area contributed by atoms with Crippen molar-refractivity contribution in [2.75, 3.05) is 31.9 Å². The quantitative estimate of drug-likeness (QED) is 0.823. The number of nitrogen functional groups attached to an aromatic ring is 1.